The molecule has 1 saturated carbocycles. The van der Waals surface area contributed by atoms with Crippen LogP contribution in [0.15, 0.2) is 24.3 Å². The van der Waals surface area contributed by atoms with Gasteiger partial charge >= 0.3 is 6.09 Å². The van der Waals surface area contributed by atoms with Crippen LogP contribution in [0.2, 0.25) is 0 Å². The smallest absolute Gasteiger partial charge is 0.411 e. The summed E-state index contributed by atoms with van der Waals surface area (Å²) in [5.74, 6) is -0.231. The third kappa shape index (κ3) is 5.93. The highest BCUT2D eigenvalue weighted by atomic mass is 16.6. The van der Waals surface area contributed by atoms with Gasteiger partial charge in [-0.1, -0.05) is 6.07 Å². The molecule has 1 aliphatic carbocycles. The minimum Gasteiger partial charge on any atom is -0.447 e. The molecule has 0 unspecified atom stereocenters. The molecule has 2 rings (SSSR count). The first-order valence-electron chi connectivity index (χ1n) is 8.56. The lowest BCUT2D eigenvalue weighted by atomic mass is 10.00. The van der Waals surface area contributed by atoms with Gasteiger partial charge in [0.05, 0.1) is 19.2 Å². The van der Waals surface area contributed by atoms with Crippen LogP contribution in [0.3, 0.4) is 0 Å². The molecule has 1 aromatic rings. The lowest BCUT2D eigenvalue weighted by molar-refractivity contribution is -0.120. The van der Waals surface area contributed by atoms with Gasteiger partial charge in [-0.25, -0.2) is 4.79 Å². The average Bonchev–Trinajstić information content (AvgIpc) is 3.09. The van der Waals surface area contributed by atoms with Gasteiger partial charge in [0.1, 0.15) is 12.1 Å². The Morgan fingerprint density at radius 2 is 1.96 bits per heavy atom. The normalized spacial score (nSPS) is 14.9. The van der Waals surface area contributed by atoms with Crippen molar-refractivity contribution in [3.8, 4) is 6.07 Å². The van der Waals surface area contributed by atoms with Crippen molar-refractivity contribution in [2.75, 3.05) is 37.5 Å². The number of nitriles is 1. The van der Waals surface area contributed by atoms with E-state index in [1.165, 1.54) is 7.11 Å². The number of hydrogen-bond donors (Lipinski definition) is 3. The van der Waals surface area contributed by atoms with Gasteiger partial charge in [-0.05, 0) is 43.9 Å². The Bertz CT molecular complexity index is 665. The van der Waals surface area contributed by atoms with Crippen LogP contribution in [0.1, 0.15) is 25.7 Å². The van der Waals surface area contributed by atoms with Crippen LogP contribution in [-0.2, 0) is 14.3 Å². The second-order valence-electron chi connectivity index (χ2n) is 6.14. The van der Waals surface area contributed by atoms with Crippen molar-refractivity contribution in [2.45, 2.75) is 31.2 Å². The lowest BCUT2D eigenvalue weighted by Gasteiger charge is -2.22. The van der Waals surface area contributed by atoms with E-state index in [-0.39, 0.29) is 19.1 Å². The molecule has 8 heteroatoms. The molecular weight excluding hydrogens is 336 g/mol. The summed E-state index contributed by atoms with van der Waals surface area (Å²) < 4.78 is 9.74. The van der Waals surface area contributed by atoms with E-state index in [9.17, 15) is 14.9 Å². The van der Waals surface area contributed by atoms with E-state index in [1.807, 2.05) is 0 Å². The van der Waals surface area contributed by atoms with Crippen molar-refractivity contribution < 1.29 is 19.1 Å². The Morgan fingerprint density at radius 3 is 2.65 bits per heavy atom. The molecule has 8 nitrogen and oxygen atoms in total. The molecule has 0 bridgehead atoms. The molecule has 0 heterocycles. The monoisotopic (exact) mass is 360 g/mol. The lowest BCUT2D eigenvalue weighted by Crippen LogP contribution is -2.47. The number of methoxy groups -OCH3 is 1. The molecule has 0 aliphatic heterocycles. The van der Waals surface area contributed by atoms with Crippen LogP contribution >= 0.6 is 0 Å². The van der Waals surface area contributed by atoms with Crippen LogP contribution in [-0.4, -0.2) is 44.4 Å². The first kappa shape index (κ1) is 19.5. The zero-order valence-corrected chi connectivity index (χ0v) is 14.8. The SMILES string of the molecule is COCCOC(=O)Nc1cccc(NCC(=O)NC2(C#N)CCCC2)c1. The number of carbonyl (C=O) groups is 2. The molecule has 3 N–H and O–H groups in total. The highest BCUT2D eigenvalue weighted by molar-refractivity contribution is 5.86. The first-order valence-corrected chi connectivity index (χ1v) is 8.56. The quantitative estimate of drug-likeness (QED) is 0.613. The molecule has 0 saturated heterocycles. The molecule has 26 heavy (non-hydrogen) atoms. The fraction of sp³-hybridized carbons (Fsp3) is 0.500. The second-order valence-corrected chi connectivity index (χ2v) is 6.14. The molecule has 140 valence electrons. The van der Waals surface area contributed by atoms with Crippen LogP contribution in [0, 0.1) is 11.3 Å². The molecule has 1 aromatic carbocycles. The van der Waals surface area contributed by atoms with Gasteiger partial charge in [0.2, 0.25) is 5.91 Å². The Kier molecular flexibility index (Phi) is 7.24. The van der Waals surface area contributed by atoms with Crippen LogP contribution in [0.5, 0.6) is 0 Å². The van der Waals surface area contributed by atoms with Gasteiger partial charge in [0, 0.05) is 18.5 Å². The number of nitrogens with one attached hydrogen (secondary N) is 3. The van der Waals surface area contributed by atoms with E-state index in [1.54, 1.807) is 24.3 Å². The van der Waals surface area contributed by atoms with Gasteiger partial charge in [-0.3, -0.25) is 10.1 Å². The van der Waals surface area contributed by atoms with Crippen molar-refractivity contribution in [1.82, 2.24) is 5.32 Å². The number of anilines is 2. The number of rotatable bonds is 8. The molecule has 0 aromatic heterocycles. The van der Waals surface area contributed by atoms with E-state index in [0.29, 0.717) is 30.8 Å². The third-order valence-electron chi connectivity index (χ3n) is 4.13. The Balaban J connectivity index is 1.81. The summed E-state index contributed by atoms with van der Waals surface area (Å²) in [6.07, 6.45) is 2.72. The Hall–Kier alpha value is -2.79. The summed E-state index contributed by atoms with van der Waals surface area (Å²) in [6, 6.07) is 9.17. The van der Waals surface area contributed by atoms with E-state index in [4.69, 9.17) is 9.47 Å². The number of carbonyl (C=O) groups excluding carboxylic acids is 2. The Labute approximate surface area is 152 Å². The summed E-state index contributed by atoms with van der Waals surface area (Å²) in [5.41, 5.74) is 0.489. The average molecular weight is 360 g/mol. The van der Waals surface area contributed by atoms with E-state index >= 15 is 0 Å². The molecule has 0 radical (unpaired) electrons. The number of ether oxygens (including phenoxy) is 2. The topological polar surface area (TPSA) is 112 Å². The van der Waals surface area contributed by atoms with E-state index in [2.05, 4.69) is 22.0 Å². The van der Waals surface area contributed by atoms with Gasteiger partial charge in [0.25, 0.3) is 0 Å². The minimum absolute atomic E-state index is 0.0468. The number of amides is 2. The van der Waals surface area contributed by atoms with Crippen molar-refractivity contribution in [2.24, 2.45) is 0 Å². The third-order valence-corrected chi connectivity index (χ3v) is 4.13. The number of hydrogen-bond acceptors (Lipinski definition) is 6. The fourth-order valence-corrected chi connectivity index (χ4v) is 2.82. The standard InChI is InChI=1S/C18H24N4O4/c1-25-9-10-26-17(24)21-15-6-4-5-14(11-15)20-12-16(23)22-18(13-19)7-2-3-8-18/h4-6,11,20H,2-3,7-10,12H2,1H3,(H,21,24)(H,22,23). The molecule has 2 amide bonds. The summed E-state index contributed by atoms with van der Waals surface area (Å²) in [7, 11) is 1.53. The number of nitrogens with zero attached hydrogens (tertiary/aromatic N) is 1. The summed E-state index contributed by atoms with van der Waals surface area (Å²) in [4.78, 5) is 23.7. The maximum absolute atomic E-state index is 12.1. The summed E-state index contributed by atoms with van der Waals surface area (Å²) in [6.45, 7) is 0.542. The maximum atomic E-state index is 12.1. The predicted molar refractivity (Wildman–Crippen MR) is 96.7 cm³/mol. The first-order chi connectivity index (χ1) is 12.6. The number of benzene rings is 1. The van der Waals surface area contributed by atoms with Gasteiger partial charge in [0.15, 0.2) is 0 Å². The van der Waals surface area contributed by atoms with Crippen LogP contribution in [0.25, 0.3) is 0 Å². The molecular formula is C18H24N4O4. The van der Waals surface area contributed by atoms with Crippen LogP contribution in [0.4, 0.5) is 16.2 Å². The van der Waals surface area contributed by atoms with Crippen molar-refractivity contribution in [1.29, 1.82) is 5.26 Å². The minimum atomic E-state index is -0.728. The second kappa shape index (κ2) is 9.63. The zero-order chi connectivity index (χ0) is 18.8. The van der Waals surface area contributed by atoms with Crippen molar-refractivity contribution in [3.05, 3.63) is 24.3 Å². The fourth-order valence-electron chi connectivity index (χ4n) is 2.82. The highest BCUT2D eigenvalue weighted by Gasteiger charge is 2.35. The largest absolute Gasteiger partial charge is 0.447 e. The Morgan fingerprint density at radius 1 is 1.23 bits per heavy atom. The molecule has 1 aliphatic rings. The summed E-state index contributed by atoms with van der Waals surface area (Å²) >= 11 is 0. The summed E-state index contributed by atoms with van der Waals surface area (Å²) in [5, 5.41) is 17.7. The molecule has 0 spiro atoms. The van der Waals surface area contributed by atoms with Gasteiger partial charge in [-0.15, -0.1) is 0 Å². The zero-order valence-electron chi connectivity index (χ0n) is 14.8. The van der Waals surface area contributed by atoms with Crippen molar-refractivity contribution >= 4 is 23.4 Å². The van der Waals surface area contributed by atoms with E-state index in [0.717, 1.165) is 12.8 Å². The maximum Gasteiger partial charge on any atom is 0.411 e. The van der Waals surface area contributed by atoms with E-state index < -0.39 is 11.6 Å². The van der Waals surface area contributed by atoms with Gasteiger partial charge < -0.3 is 20.1 Å². The van der Waals surface area contributed by atoms with Gasteiger partial charge in [-0.2, -0.15) is 5.26 Å². The predicted octanol–water partition coefficient (Wildman–Crippen LogP) is 2.25. The highest BCUT2D eigenvalue weighted by Crippen LogP contribution is 2.28. The molecule has 0 atom stereocenters. The van der Waals surface area contributed by atoms with Crippen LogP contribution < -0.4 is 16.0 Å². The molecule has 1 fully saturated rings. The van der Waals surface area contributed by atoms with Crippen molar-refractivity contribution in [3.63, 3.8) is 0 Å².